The molecule has 3 nitrogen and oxygen atoms in total. The van der Waals surface area contributed by atoms with Crippen molar-refractivity contribution in [3.8, 4) is 0 Å². The second-order valence-electron chi connectivity index (χ2n) is 3.46. The van der Waals surface area contributed by atoms with Gasteiger partial charge in [-0.2, -0.15) is 0 Å². The largest absolute Gasteiger partial charge is 0.273 e. The Bertz CT molecular complexity index is 587. The third-order valence-corrected chi connectivity index (χ3v) is 3.10. The van der Waals surface area contributed by atoms with Gasteiger partial charge in [0.25, 0.3) is 5.69 Å². The van der Waals surface area contributed by atoms with Gasteiger partial charge in [0.05, 0.1) is 11.0 Å². The lowest BCUT2D eigenvalue weighted by atomic mass is 10.3. The van der Waals surface area contributed by atoms with Crippen molar-refractivity contribution in [2.45, 2.75) is 9.79 Å². The van der Waals surface area contributed by atoms with Crippen molar-refractivity contribution in [1.82, 2.24) is 0 Å². The Labute approximate surface area is 106 Å². The molecule has 0 saturated carbocycles. The number of nitro groups is 1. The number of rotatable bonds is 3. The van der Waals surface area contributed by atoms with Crippen LogP contribution in [0.25, 0.3) is 0 Å². The summed E-state index contributed by atoms with van der Waals surface area (Å²) in [6.07, 6.45) is 0. The van der Waals surface area contributed by atoms with Crippen LogP contribution in [0.1, 0.15) is 0 Å². The van der Waals surface area contributed by atoms with Gasteiger partial charge in [-0.05, 0) is 30.3 Å². The molecule has 0 amide bonds. The lowest BCUT2D eigenvalue weighted by Gasteiger charge is -2.02. The van der Waals surface area contributed by atoms with Crippen LogP contribution < -0.4 is 0 Å². The highest BCUT2D eigenvalue weighted by Crippen LogP contribution is 2.30. The van der Waals surface area contributed by atoms with Crippen LogP contribution in [0.2, 0.25) is 0 Å². The minimum absolute atomic E-state index is 0.306. The first-order valence-corrected chi connectivity index (χ1v) is 5.74. The molecule has 0 aliphatic carbocycles. The Morgan fingerprint density at radius 2 is 1.61 bits per heavy atom. The summed E-state index contributed by atoms with van der Waals surface area (Å²) in [5.41, 5.74) is -0.306. The van der Waals surface area contributed by atoms with E-state index in [2.05, 4.69) is 0 Å². The van der Waals surface area contributed by atoms with E-state index in [1.165, 1.54) is 36.4 Å². The Kier molecular flexibility index (Phi) is 3.57. The summed E-state index contributed by atoms with van der Waals surface area (Å²) in [5, 5.41) is 10.6. The van der Waals surface area contributed by atoms with Crippen LogP contribution in [0.4, 0.5) is 14.5 Å². The molecule has 0 saturated heterocycles. The molecule has 2 rings (SSSR count). The van der Waals surface area contributed by atoms with E-state index < -0.39 is 10.7 Å². The second-order valence-corrected chi connectivity index (χ2v) is 4.61. The van der Waals surface area contributed by atoms with Crippen LogP contribution in [0, 0.1) is 21.7 Å². The van der Waals surface area contributed by atoms with Crippen LogP contribution in [-0.4, -0.2) is 4.92 Å². The molecule has 0 bridgehead atoms. The zero-order valence-electron chi connectivity index (χ0n) is 8.97. The number of nitro benzene ring substituents is 1. The number of halogens is 2. The summed E-state index contributed by atoms with van der Waals surface area (Å²) < 4.78 is 25.9. The fourth-order valence-corrected chi connectivity index (χ4v) is 2.25. The molecule has 2 aromatic rings. The summed E-state index contributed by atoms with van der Waals surface area (Å²) in [7, 11) is 0. The Morgan fingerprint density at radius 1 is 0.944 bits per heavy atom. The van der Waals surface area contributed by atoms with Crippen molar-refractivity contribution in [1.29, 1.82) is 0 Å². The maximum atomic E-state index is 13.2. The van der Waals surface area contributed by atoms with Gasteiger partial charge < -0.3 is 0 Å². The van der Waals surface area contributed by atoms with E-state index in [1.807, 2.05) is 0 Å². The first-order valence-electron chi connectivity index (χ1n) is 4.93. The van der Waals surface area contributed by atoms with Gasteiger partial charge in [-0.25, -0.2) is 8.78 Å². The van der Waals surface area contributed by atoms with Crippen LogP contribution in [0.5, 0.6) is 0 Å². The molecule has 6 heteroatoms. The number of hydrogen-bond donors (Lipinski definition) is 0. The summed E-state index contributed by atoms with van der Waals surface area (Å²) >= 11 is 1.13. The summed E-state index contributed by atoms with van der Waals surface area (Å²) in [4.78, 5) is 11.0. The zero-order valence-corrected chi connectivity index (χ0v) is 9.79. The van der Waals surface area contributed by atoms with E-state index >= 15 is 0 Å². The van der Waals surface area contributed by atoms with Crippen molar-refractivity contribution in [2.24, 2.45) is 0 Å². The number of hydrogen-bond acceptors (Lipinski definition) is 3. The minimum atomic E-state index is -0.672. The monoisotopic (exact) mass is 267 g/mol. The number of nitrogens with zero attached hydrogens (tertiary/aromatic N) is 1. The Balaban J connectivity index is 2.28. The van der Waals surface area contributed by atoms with Gasteiger partial charge in [0, 0.05) is 15.9 Å². The van der Waals surface area contributed by atoms with Crippen molar-refractivity contribution in [3.05, 3.63) is 64.2 Å². The van der Waals surface area contributed by atoms with E-state index in [9.17, 15) is 18.9 Å². The fourth-order valence-electron chi connectivity index (χ4n) is 1.35. The molecule has 92 valence electrons. The van der Waals surface area contributed by atoms with Crippen LogP contribution in [0.15, 0.2) is 52.3 Å². The smallest absolute Gasteiger partial charge is 0.258 e. The predicted octanol–water partition coefficient (Wildman–Crippen LogP) is 4.02. The topological polar surface area (TPSA) is 43.1 Å². The standard InChI is InChI=1S/C12H7F2NO2S/c13-8-1-3-11(4-2-8)18-12-6-9(14)5-10(7-12)15(16)17/h1-7H. The average Bonchev–Trinajstić information content (AvgIpc) is 2.31. The van der Waals surface area contributed by atoms with E-state index in [0.717, 1.165) is 17.8 Å². The zero-order chi connectivity index (χ0) is 13.1. The lowest BCUT2D eigenvalue weighted by molar-refractivity contribution is -0.385. The molecule has 0 radical (unpaired) electrons. The van der Waals surface area contributed by atoms with Crippen molar-refractivity contribution in [2.75, 3.05) is 0 Å². The molecule has 0 aliphatic rings. The first kappa shape index (κ1) is 12.5. The molecule has 0 aliphatic heterocycles. The third-order valence-electron chi connectivity index (χ3n) is 2.12. The van der Waals surface area contributed by atoms with Crippen LogP contribution >= 0.6 is 11.8 Å². The fraction of sp³-hybridized carbons (Fsp3) is 0. The van der Waals surface area contributed by atoms with E-state index in [1.54, 1.807) is 0 Å². The number of non-ortho nitro benzene ring substituents is 1. The molecule has 0 spiro atoms. The van der Waals surface area contributed by atoms with Gasteiger partial charge in [0.1, 0.15) is 11.6 Å². The van der Waals surface area contributed by atoms with E-state index in [-0.39, 0.29) is 11.5 Å². The van der Waals surface area contributed by atoms with Crippen LogP contribution in [0.3, 0.4) is 0 Å². The lowest BCUT2D eigenvalue weighted by Crippen LogP contribution is -1.89. The summed E-state index contributed by atoms with van der Waals surface area (Å²) in [5.74, 6) is -1.04. The summed E-state index contributed by atoms with van der Waals surface area (Å²) in [6.45, 7) is 0. The number of benzene rings is 2. The normalized spacial score (nSPS) is 10.3. The second kappa shape index (κ2) is 5.14. The van der Waals surface area contributed by atoms with Gasteiger partial charge in [-0.15, -0.1) is 0 Å². The first-order chi connectivity index (χ1) is 8.54. The molecule has 0 atom stereocenters. The molecule has 0 heterocycles. The molecule has 0 N–H and O–H groups in total. The minimum Gasteiger partial charge on any atom is -0.258 e. The highest BCUT2D eigenvalue weighted by atomic mass is 32.2. The highest BCUT2D eigenvalue weighted by Gasteiger charge is 2.10. The van der Waals surface area contributed by atoms with Gasteiger partial charge >= 0.3 is 0 Å². The highest BCUT2D eigenvalue weighted by molar-refractivity contribution is 7.99. The molecule has 0 fully saturated rings. The van der Waals surface area contributed by atoms with Gasteiger partial charge in [0.2, 0.25) is 0 Å². The molecular formula is C12H7F2NO2S. The summed E-state index contributed by atoms with van der Waals surface area (Å²) in [6, 6.07) is 8.92. The van der Waals surface area contributed by atoms with Crippen molar-refractivity contribution >= 4 is 17.4 Å². The molecule has 2 aromatic carbocycles. The van der Waals surface area contributed by atoms with Gasteiger partial charge in [-0.1, -0.05) is 11.8 Å². The van der Waals surface area contributed by atoms with Crippen molar-refractivity contribution < 1.29 is 13.7 Å². The maximum Gasteiger partial charge on any atom is 0.273 e. The van der Waals surface area contributed by atoms with Gasteiger partial charge in [-0.3, -0.25) is 10.1 Å². The SMILES string of the molecule is O=[N+]([O-])c1cc(F)cc(Sc2ccc(F)cc2)c1. The third kappa shape index (κ3) is 3.04. The van der Waals surface area contributed by atoms with Crippen molar-refractivity contribution in [3.63, 3.8) is 0 Å². The van der Waals surface area contributed by atoms with E-state index in [4.69, 9.17) is 0 Å². The Morgan fingerprint density at radius 3 is 2.22 bits per heavy atom. The Hall–Kier alpha value is -1.95. The molecule has 0 unspecified atom stereocenters. The molecular weight excluding hydrogens is 260 g/mol. The predicted molar refractivity (Wildman–Crippen MR) is 63.6 cm³/mol. The molecule has 18 heavy (non-hydrogen) atoms. The molecule has 0 aromatic heterocycles. The average molecular weight is 267 g/mol. The van der Waals surface area contributed by atoms with Crippen LogP contribution in [-0.2, 0) is 0 Å². The van der Waals surface area contributed by atoms with Gasteiger partial charge in [0.15, 0.2) is 0 Å². The van der Waals surface area contributed by atoms with E-state index in [0.29, 0.717) is 9.79 Å². The maximum absolute atomic E-state index is 13.2. The quantitative estimate of drug-likeness (QED) is 0.623.